The third-order valence-corrected chi connectivity index (χ3v) is 2.41. The van der Waals surface area contributed by atoms with Crippen molar-refractivity contribution < 1.29 is 14.6 Å². The average Bonchev–Trinajstić information content (AvgIpc) is 2.33. The predicted octanol–water partition coefficient (Wildman–Crippen LogP) is 2.38. The van der Waals surface area contributed by atoms with E-state index < -0.39 is 0 Å². The van der Waals surface area contributed by atoms with Gasteiger partial charge in [-0.25, -0.2) is 0 Å². The van der Waals surface area contributed by atoms with Gasteiger partial charge in [-0.15, -0.1) is 0 Å². The van der Waals surface area contributed by atoms with Crippen molar-refractivity contribution in [3.8, 4) is 0 Å². The lowest BCUT2D eigenvalue weighted by Crippen LogP contribution is -2.17. The van der Waals surface area contributed by atoms with E-state index in [4.69, 9.17) is 14.6 Å². The van der Waals surface area contributed by atoms with Crippen LogP contribution in [0.4, 0.5) is 0 Å². The van der Waals surface area contributed by atoms with Crippen LogP contribution < -0.4 is 0 Å². The highest BCUT2D eigenvalue weighted by molar-refractivity contribution is 5.13. The van der Waals surface area contributed by atoms with Gasteiger partial charge in [0.25, 0.3) is 0 Å². The molecule has 1 rings (SSSR count). The van der Waals surface area contributed by atoms with Crippen LogP contribution >= 0.6 is 0 Å². The molecule has 3 heteroatoms. The van der Waals surface area contributed by atoms with Crippen LogP contribution in [0.15, 0.2) is 30.3 Å². The van der Waals surface area contributed by atoms with Gasteiger partial charge >= 0.3 is 0 Å². The van der Waals surface area contributed by atoms with Gasteiger partial charge in [0.1, 0.15) is 0 Å². The van der Waals surface area contributed by atoms with Gasteiger partial charge in [0.15, 0.2) is 0 Å². The predicted molar refractivity (Wildman–Crippen MR) is 67.8 cm³/mol. The number of aliphatic hydroxyl groups excluding tert-OH is 1. The second-order valence-corrected chi connectivity index (χ2v) is 4.32. The minimum absolute atomic E-state index is 0.0733. The van der Waals surface area contributed by atoms with Crippen molar-refractivity contribution in [2.24, 2.45) is 0 Å². The summed E-state index contributed by atoms with van der Waals surface area (Å²) in [5.74, 6) is 0. The van der Waals surface area contributed by atoms with Gasteiger partial charge in [0.05, 0.1) is 25.4 Å². The smallest absolute Gasteiger partial charge is 0.0785 e. The Labute approximate surface area is 103 Å². The lowest BCUT2D eigenvalue weighted by Gasteiger charge is -2.14. The highest BCUT2D eigenvalue weighted by atomic mass is 16.5. The van der Waals surface area contributed by atoms with Crippen LogP contribution in [0.2, 0.25) is 0 Å². The summed E-state index contributed by atoms with van der Waals surface area (Å²) in [7, 11) is 0. The Morgan fingerprint density at radius 1 is 1.18 bits per heavy atom. The Hall–Kier alpha value is -0.900. The zero-order chi connectivity index (χ0) is 12.5. The summed E-state index contributed by atoms with van der Waals surface area (Å²) >= 11 is 0. The summed E-state index contributed by atoms with van der Waals surface area (Å²) < 4.78 is 11.1. The van der Waals surface area contributed by atoms with Crippen LogP contribution in [0.1, 0.15) is 25.8 Å². The lowest BCUT2D eigenvalue weighted by atomic mass is 10.2. The molecule has 1 N–H and O–H groups in total. The second kappa shape index (κ2) is 8.23. The van der Waals surface area contributed by atoms with Crippen molar-refractivity contribution in [1.82, 2.24) is 0 Å². The molecule has 0 saturated carbocycles. The summed E-state index contributed by atoms with van der Waals surface area (Å²) in [5, 5.41) is 9.06. The summed E-state index contributed by atoms with van der Waals surface area (Å²) in [6, 6.07) is 10.1. The average molecular weight is 238 g/mol. The lowest BCUT2D eigenvalue weighted by molar-refractivity contribution is -0.0203. The van der Waals surface area contributed by atoms with Crippen molar-refractivity contribution in [3.05, 3.63) is 35.9 Å². The van der Waals surface area contributed by atoms with Crippen molar-refractivity contribution in [1.29, 1.82) is 0 Å². The van der Waals surface area contributed by atoms with E-state index in [9.17, 15) is 0 Å². The van der Waals surface area contributed by atoms with E-state index in [2.05, 4.69) is 0 Å². The summed E-state index contributed by atoms with van der Waals surface area (Å²) in [6.07, 6.45) is 0.450. The Morgan fingerprint density at radius 3 is 2.53 bits per heavy atom. The molecular weight excluding hydrogens is 216 g/mol. The molecule has 0 aliphatic heterocycles. The summed E-state index contributed by atoms with van der Waals surface area (Å²) in [4.78, 5) is 0. The van der Waals surface area contributed by atoms with E-state index in [0.717, 1.165) is 0 Å². The molecule has 0 radical (unpaired) electrons. The quantitative estimate of drug-likeness (QED) is 0.707. The first-order valence-corrected chi connectivity index (χ1v) is 6.10. The van der Waals surface area contributed by atoms with Crippen LogP contribution in [0, 0.1) is 0 Å². The zero-order valence-corrected chi connectivity index (χ0v) is 10.6. The molecule has 0 aromatic heterocycles. The molecule has 0 unspecified atom stereocenters. The minimum atomic E-state index is -0.296. The number of rotatable bonds is 8. The van der Waals surface area contributed by atoms with Gasteiger partial charge in [0, 0.05) is 6.61 Å². The maximum atomic E-state index is 9.06. The summed E-state index contributed by atoms with van der Waals surface area (Å²) in [5.41, 5.74) is 1.17. The Morgan fingerprint density at radius 2 is 1.88 bits per heavy atom. The highest BCUT2D eigenvalue weighted by Crippen LogP contribution is 2.03. The van der Waals surface area contributed by atoms with Gasteiger partial charge in [-0.1, -0.05) is 30.3 Å². The van der Waals surface area contributed by atoms with E-state index in [1.54, 1.807) is 6.92 Å². The molecule has 1 aromatic rings. The van der Waals surface area contributed by atoms with Gasteiger partial charge in [-0.05, 0) is 25.8 Å². The third kappa shape index (κ3) is 7.10. The SMILES string of the molecule is C[C@H](COCC[C@@H](C)O)OCc1ccccc1. The van der Waals surface area contributed by atoms with Crippen molar-refractivity contribution in [2.75, 3.05) is 13.2 Å². The van der Waals surface area contributed by atoms with Gasteiger partial charge in [-0.3, -0.25) is 0 Å². The van der Waals surface area contributed by atoms with Crippen LogP contribution in [-0.2, 0) is 16.1 Å². The molecule has 0 amide bonds. The zero-order valence-electron chi connectivity index (χ0n) is 10.6. The molecule has 0 heterocycles. The first-order chi connectivity index (χ1) is 8.18. The minimum Gasteiger partial charge on any atom is -0.393 e. The molecule has 1 aromatic carbocycles. The molecule has 0 aliphatic carbocycles. The molecule has 96 valence electrons. The molecule has 2 atom stereocenters. The second-order valence-electron chi connectivity index (χ2n) is 4.32. The molecular formula is C14H22O3. The highest BCUT2D eigenvalue weighted by Gasteiger charge is 2.03. The van der Waals surface area contributed by atoms with E-state index in [1.807, 2.05) is 37.3 Å². The van der Waals surface area contributed by atoms with Gasteiger partial charge in [-0.2, -0.15) is 0 Å². The molecule has 3 nitrogen and oxygen atoms in total. The first-order valence-electron chi connectivity index (χ1n) is 6.10. The van der Waals surface area contributed by atoms with Crippen molar-refractivity contribution >= 4 is 0 Å². The van der Waals surface area contributed by atoms with Crippen LogP contribution in [-0.4, -0.2) is 30.5 Å². The van der Waals surface area contributed by atoms with Gasteiger partial charge in [0.2, 0.25) is 0 Å². The molecule has 0 fully saturated rings. The number of benzene rings is 1. The number of hydrogen-bond donors (Lipinski definition) is 1. The maximum Gasteiger partial charge on any atom is 0.0785 e. The molecule has 0 spiro atoms. The van der Waals surface area contributed by atoms with E-state index >= 15 is 0 Å². The van der Waals surface area contributed by atoms with Crippen LogP contribution in [0.25, 0.3) is 0 Å². The Kier molecular flexibility index (Phi) is 6.86. The molecule has 17 heavy (non-hydrogen) atoms. The van der Waals surface area contributed by atoms with Crippen molar-refractivity contribution in [2.45, 2.75) is 39.1 Å². The number of aliphatic hydroxyl groups is 1. The third-order valence-electron chi connectivity index (χ3n) is 2.41. The monoisotopic (exact) mass is 238 g/mol. The van der Waals surface area contributed by atoms with E-state index in [1.165, 1.54) is 5.56 Å². The Bertz CT molecular complexity index is 285. The molecule has 0 aliphatic rings. The number of hydrogen-bond acceptors (Lipinski definition) is 3. The first kappa shape index (κ1) is 14.2. The standard InChI is InChI=1S/C14H22O3/c1-12(15)8-9-16-10-13(2)17-11-14-6-4-3-5-7-14/h3-7,12-13,15H,8-11H2,1-2H3/t12-,13-/m1/s1. The van der Waals surface area contributed by atoms with Crippen LogP contribution in [0.3, 0.4) is 0 Å². The largest absolute Gasteiger partial charge is 0.393 e. The topological polar surface area (TPSA) is 38.7 Å². The van der Waals surface area contributed by atoms with Crippen molar-refractivity contribution in [3.63, 3.8) is 0 Å². The van der Waals surface area contributed by atoms with E-state index in [0.29, 0.717) is 26.2 Å². The maximum absolute atomic E-state index is 9.06. The summed E-state index contributed by atoms with van der Waals surface area (Å²) in [6.45, 7) is 5.52. The Balaban J connectivity index is 2.07. The molecule has 0 bridgehead atoms. The molecule has 0 saturated heterocycles. The fourth-order valence-electron chi connectivity index (χ4n) is 1.36. The fraction of sp³-hybridized carbons (Fsp3) is 0.571. The fourth-order valence-corrected chi connectivity index (χ4v) is 1.36. The van der Waals surface area contributed by atoms with Crippen LogP contribution in [0.5, 0.6) is 0 Å². The van der Waals surface area contributed by atoms with Gasteiger partial charge < -0.3 is 14.6 Å². The normalized spacial score (nSPS) is 14.5. The van der Waals surface area contributed by atoms with E-state index in [-0.39, 0.29) is 12.2 Å². The number of ether oxygens (including phenoxy) is 2.